The quantitative estimate of drug-likeness (QED) is 0.741. The van der Waals surface area contributed by atoms with Gasteiger partial charge in [0.2, 0.25) is 11.8 Å². The van der Waals surface area contributed by atoms with Crippen LogP contribution in [0.5, 0.6) is 0 Å². The van der Waals surface area contributed by atoms with E-state index >= 15 is 0 Å². The van der Waals surface area contributed by atoms with Gasteiger partial charge in [0.05, 0.1) is 0 Å². The second-order valence-electron chi connectivity index (χ2n) is 5.42. The average molecular weight is 282 g/mol. The Morgan fingerprint density at radius 2 is 1.40 bits per heavy atom. The lowest BCUT2D eigenvalue weighted by atomic mass is 10.0. The van der Waals surface area contributed by atoms with E-state index in [-0.39, 0.29) is 29.9 Å². The second kappa shape index (κ2) is 8.02. The van der Waals surface area contributed by atoms with Gasteiger partial charge in [0, 0.05) is 44.9 Å². The van der Waals surface area contributed by atoms with Crippen LogP contribution in [-0.2, 0) is 14.4 Å². The summed E-state index contributed by atoms with van der Waals surface area (Å²) in [5.41, 5.74) is 0. The largest absolute Gasteiger partial charge is 0.339 e. The van der Waals surface area contributed by atoms with E-state index in [0.717, 1.165) is 12.8 Å². The summed E-state index contributed by atoms with van der Waals surface area (Å²) in [4.78, 5) is 38.6. The third-order valence-corrected chi connectivity index (χ3v) is 3.97. The summed E-state index contributed by atoms with van der Waals surface area (Å²) in [7, 11) is 0. The van der Waals surface area contributed by atoms with Gasteiger partial charge in [0.1, 0.15) is 5.78 Å². The molecule has 0 bridgehead atoms. The molecule has 0 aliphatic carbocycles. The number of ketones is 1. The summed E-state index contributed by atoms with van der Waals surface area (Å²) in [5, 5.41) is 0. The molecule has 1 fully saturated rings. The van der Waals surface area contributed by atoms with Crippen molar-refractivity contribution < 1.29 is 14.4 Å². The van der Waals surface area contributed by atoms with Crippen LogP contribution in [0.15, 0.2) is 0 Å². The van der Waals surface area contributed by atoms with Gasteiger partial charge in [-0.2, -0.15) is 0 Å². The number of hydrogen-bond donors (Lipinski definition) is 0. The average Bonchev–Trinajstić information content (AvgIpc) is 2.46. The van der Waals surface area contributed by atoms with Crippen molar-refractivity contribution in [3.05, 3.63) is 0 Å². The van der Waals surface area contributed by atoms with Gasteiger partial charge in [0.15, 0.2) is 0 Å². The number of Topliss-reactive ketones (excluding diaryl/α,β-unsaturated/α-hetero) is 1. The standard InChI is InChI=1S/C15H26N2O3/c1-4-13(5-2)15(20)17-10-8-16(9-11-17)14(19)7-6-12(3)18/h13H,4-11H2,1-3H3. The third kappa shape index (κ3) is 4.62. The summed E-state index contributed by atoms with van der Waals surface area (Å²) in [6.07, 6.45) is 2.34. The highest BCUT2D eigenvalue weighted by Gasteiger charge is 2.27. The molecule has 0 aromatic carbocycles. The molecule has 0 saturated carbocycles. The SMILES string of the molecule is CCC(CC)C(=O)N1CCN(C(=O)CCC(C)=O)CC1. The molecule has 20 heavy (non-hydrogen) atoms. The summed E-state index contributed by atoms with van der Waals surface area (Å²) in [6, 6.07) is 0. The molecule has 5 nitrogen and oxygen atoms in total. The molecule has 0 spiro atoms. The number of carbonyl (C=O) groups is 3. The van der Waals surface area contributed by atoms with Gasteiger partial charge in [-0.25, -0.2) is 0 Å². The Bertz CT molecular complexity index is 356. The van der Waals surface area contributed by atoms with Crippen molar-refractivity contribution >= 4 is 17.6 Å². The third-order valence-electron chi connectivity index (χ3n) is 3.97. The van der Waals surface area contributed by atoms with Crippen LogP contribution < -0.4 is 0 Å². The summed E-state index contributed by atoms with van der Waals surface area (Å²) < 4.78 is 0. The summed E-state index contributed by atoms with van der Waals surface area (Å²) in [6.45, 7) is 7.97. The maximum Gasteiger partial charge on any atom is 0.225 e. The molecule has 1 heterocycles. The molecule has 0 unspecified atom stereocenters. The van der Waals surface area contributed by atoms with E-state index in [1.54, 1.807) is 4.90 Å². The molecule has 1 saturated heterocycles. The molecule has 0 atom stereocenters. The topological polar surface area (TPSA) is 57.7 Å². The molecule has 0 N–H and O–H groups in total. The van der Waals surface area contributed by atoms with Gasteiger partial charge in [-0.15, -0.1) is 0 Å². The van der Waals surface area contributed by atoms with E-state index in [2.05, 4.69) is 0 Å². The first kappa shape index (κ1) is 16.7. The lowest BCUT2D eigenvalue weighted by Crippen LogP contribution is -2.51. The second-order valence-corrected chi connectivity index (χ2v) is 5.42. The van der Waals surface area contributed by atoms with Crippen molar-refractivity contribution in [2.45, 2.75) is 46.5 Å². The van der Waals surface area contributed by atoms with Gasteiger partial charge in [0.25, 0.3) is 0 Å². The molecule has 0 aromatic rings. The Balaban J connectivity index is 2.41. The van der Waals surface area contributed by atoms with Crippen LogP contribution in [0.3, 0.4) is 0 Å². The van der Waals surface area contributed by atoms with Gasteiger partial charge in [-0.3, -0.25) is 9.59 Å². The van der Waals surface area contributed by atoms with Crippen LogP contribution in [0.1, 0.15) is 46.5 Å². The molecule has 5 heteroatoms. The van der Waals surface area contributed by atoms with Gasteiger partial charge in [-0.1, -0.05) is 13.8 Å². The van der Waals surface area contributed by atoms with E-state index < -0.39 is 0 Å². The predicted octanol–water partition coefficient (Wildman–Crippen LogP) is 1.46. The predicted molar refractivity (Wildman–Crippen MR) is 77.1 cm³/mol. The van der Waals surface area contributed by atoms with Crippen molar-refractivity contribution in [1.29, 1.82) is 0 Å². The summed E-state index contributed by atoms with van der Waals surface area (Å²) in [5.74, 6) is 0.386. The highest BCUT2D eigenvalue weighted by Crippen LogP contribution is 2.14. The lowest BCUT2D eigenvalue weighted by molar-refractivity contribution is -0.142. The zero-order valence-electron chi connectivity index (χ0n) is 12.9. The monoisotopic (exact) mass is 282 g/mol. The Morgan fingerprint density at radius 3 is 1.85 bits per heavy atom. The van der Waals surface area contributed by atoms with Crippen LogP contribution >= 0.6 is 0 Å². The molecular formula is C15H26N2O3. The smallest absolute Gasteiger partial charge is 0.225 e. The van der Waals surface area contributed by atoms with Crippen LogP contribution in [0, 0.1) is 5.92 Å². The lowest BCUT2D eigenvalue weighted by Gasteiger charge is -2.36. The van der Waals surface area contributed by atoms with E-state index in [4.69, 9.17) is 0 Å². The van der Waals surface area contributed by atoms with E-state index in [1.165, 1.54) is 6.92 Å². The number of amides is 2. The van der Waals surface area contributed by atoms with E-state index in [0.29, 0.717) is 32.6 Å². The Labute approximate surface area is 121 Å². The maximum atomic E-state index is 12.2. The first-order valence-electron chi connectivity index (χ1n) is 7.55. The van der Waals surface area contributed by atoms with Crippen molar-refractivity contribution in [2.75, 3.05) is 26.2 Å². The minimum Gasteiger partial charge on any atom is -0.339 e. The molecule has 1 rings (SSSR count). The van der Waals surface area contributed by atoms with Crippen LogP contribution in [0.2, 0.25) is 0 Å². The Hall–Kier alpha value is -1.39. The number of nitrogens with zero attached hydrogens (tertiary/aromatic N) is 2. The van der Waals surface area contributed by atoms with Crippen molar-refractivity contribution in [2.24, 2.45) is 5.92 Å². The minimum absolute atomic E-state index is 0.0230. The first-order chi connectivity index (χ1) is 9.49. The molecule has 2 amide bonds. The highest BCUT2D eigenvalue weighted by molar-refractivity contribution is 5.84. The normalized spacial score (nSPS) is 15.6. The fraction of sp³-hybridized carbons (Fsp3) is 0.800. The molecule has 0 aromatic heterocycles. The van der Waals surface area contributed by atoms with Crippen molar-refractivity contribution in [3.63, 3.8) is 0 Å². The van der Waals surface area contributed by atoms with E-state index in [9.17, 15) is 14.4 Å². The number of rotatable bonds is 6. The van der Waals surface area contributed by atoms with E-state index in [1.807, 2.05) is 18.7 Å². The Kier molecular flexibility index (Phi) is 6.68. The molecular weight excluding hydrogens is 256 g/mol. The minimum atomic E-state index is 0.0230. The maximum absolute atomic E-state index is 12.2. The zero-order valence-corrected chi connectivity index (χ0v) is 12.9. The van der Waals surface area contributed by atoms with Crippen LogP contribution in [0.25, 0.3) is 0 Å². The molecule has 1 aliphatic rings. The first-order valence-corrected chi connectivity index (χ1v) is 7.55. The van der Waals surface area contributed by atoms with Gasteiger partial charge >= 0.3 is 0 Å². The Morgan fingerprint density at radius 1 is 0.900 bits per heavy atom. The fourth-order valence-electron chi connectivity index (χ4n) is 2.51. The number of hydrogen-bond acceptors (Lipinski definition) is 3. The van der Waals surface area contributed by atoms with Crippen LogP contribution in [-0.4, -0.2) is 53.6 Å². The van der Waals surface area contributed by atoms with Crippen LogP contribution in [0.4, 0.5) is 0 Å². The number of carbonyl (C=O) groups excluding carboxylic acids is 3. The number of piperazine rings is 1. The molecule has 1 aliphatic heterocycles. The van der Waals surface area contributed by atoms with Gasteiger partial charge < -0.3 is 14.6 Å². The molecule has 0 radical (unpaired) electrons. The van der Waals surface area contributed by atoms with Gasteiger partial charge in [-0.05, 0) is 19.8 Å². The van der Waals surface area contributed by atoms with Crippen molar-refractivity contribution in [1.82, 2.24) is 9.80 Å². The molecule has 114 valence electrons. The highest BCUT2D eigenvalue weighted by atomic mass is 16.2. The van der Waals surface area contributed by atoms with Crippen molar-refractivity contribution in [3.8, 4) is 0 Å². The zero-order chi connectivity index (χ0) is 15.1. The fourth-order valence-corrected chi connectivity index (χ4v) is 2.51. The summed E-state index contributed by atoms with van der Waals surface area (Å²) >= 11 is 0.